The number of hydrogen-bond donors (Lipinski definition) is 1. The van der Waals surface area contributed by atoms with Gasteiger partial charge in [-0.3, -0.25) is 0 Å². The van der Waals surface area contributed by atoms with Crippen LogP contribution in [0.1, 0.15) is 123 Å². The Kier molecular flexibility index (Phi) is 12.2. The molecule has 0 spiro atoms. The van der Waals surface area contributed by atoms with Crippen molar-refractivity contribution in [2.45, 2.75) is 129 Å². The molecule has 1 aliphatic carbocycles. The molecular formula is C21H43N. The van der Waals surface area contributed by atoms with E-state index in [1.54, 1.807) is 0 Å². The van der Waals surface area contributed by atoms with Crippen LogP contribution < -0.4 is 5.32 Å². The summed E-state index contributed by atoms with van der Waals surface area (Å²) in [6, 6.07) is 0. The van der Waals surface area contributed by atoms with Gasteiger partial charge in [0.15, 0.2) is 0 Å². The van der Waals surface area contributed by atoms with Crippen molar-refractivity contribution >= 4 is 0 Å². The largest absolute Gasteiger partial charge is 0.312 e. The monoisotopic (exact) mass is 309 g/mol. The van der Waals surface area contributed by atoms with Gasteiger partial charge in [0.25, 0.3) is 0 Å². The second kappa shape index (κ2) is 13.4. The quantitative estimate of drug-likeness (QED) is 0.303. The first-order chi connectivity index (χ1) is 10.8. The second-order valence-electron chi connectivity index (χ2n) is 7.66. The molecule has 0 atom stereocenters. The molecule has 0 aromatic carbocycles. The molecule has 1 aliphatic rings. The summed E-state index contributed by atoms with van der Waals surface area (Å²) in [5, 5.41) is 3.74. The Morgan fingerprint density at radius 2 is 1.09 bits per heavy atom. The zero-order chi connectivity index (χ0) is 15.9. The van der Waals surface area contributed by atoms with Crippen LogP contribution >= 0.6 is 0 Å². The molecule has 1 fully saturated rings. The van der Waals surface area contributed by atoms with Crippen LogP contribution in [0.5, 0.6) is 0 Å². The Hall–Kier alpha value is -0.0400. The highest BCUT2D eigenvalue weighted by atomic mass is 15.0. The zero-order valence-corrected chi connectivity index (χ0v) is 15.7. The minimum Gasteiger partial charge on any atom is -0.312 e. The van der Waals surface area contributed by atoms with Crippen LogP contribution in [0.25, 0.3) is 0 Å². The van der Waals surface area contributed by atoms with Crippen LogP contribution in [-0.2, 0) is 0 Å². The summed E-state index contributed by atoms with van der Waals surface area (Å²) in [4.78, 5) is 0. The maximum Gasteiger partial charge on any atom is 0.0181 e. The first-order valence-corrected chi connectivity index (χ1v) is 10.6. The van der Waals surface area contributed by atoms with E-state index in [4.69, 9.17) is 0 Å². The van der Waals surface area contributed by atoms with E-state index in [0.717, 1.165) is 6.54 Å². The Bertz CT molecular complexity index is 232. The van der Waals surface area contributed by atoms with Gasteiger partial charge >= 0.3 is 0 Å². The van der Waals surface area contributed by atoms with Crippen LogP contribution in [0.4, 0.5) is 0 Å². The van der Waals surface area contributed by atoms with E-state index in [1.165, 1.54) is 109 Å². The molecule has 1 heteroatoms. The average Bonchev–Trinajstić information content (AvgIpc) is 2.49. The van der Waals surface area contributed by atoms with Gasteiger partial charge in [-0.05, 0) is 32.2 Å². The molecule has 0 heterocycles. The van der Waals surface area contributed by atoms with Crippen LogP contribution in [0.15, 0.2) is 0 Å². The minimum absolute atomic E-state index is 0.562. The van der Waals surface area contributed by atoms with Crippen LogP contribution in [0, 0.1) is 0 Å². The lowest BCUT2D eigenvalue weighted by Crippen LogP contribution is -2.50. The SMILES string of the molecule is CCCCCCCCCCCCCCCC1(NCC)CCC1. The summed E-state index contributed by atoms with van der Waals surface area (Å²) in [6.07, 6.45) is 24.7. The fourth-order valence-electron chi connectivity index (χ4n) is 3.97. The van der Waals surface area contributed by atoms with E-state index < -0.39 is 0 Å². The molecule has 0 aliphatic heterocycles. The van der Waals surface area contributed by atoms with Gasteiger partial charge in [-0.2, -0.15) is 0 Å². The molecule has 0 unspecified atom stereocenters. The lowest BCUT2D eigenvalue weighted by Gasteiger charge is -2.43. The Morgan fingerprint density at radius 1 is 0.636 bits per heavy atom. The molecule has 1 N–H and O–H groups in total. The standard InChI is InChI=1S/C21H43N/c1-3-5-6-7-8-9-10-11-12-13-14-15-16-18-21(22-4-2)19-17-20-21/h22H,3-20H2,1-2H3. The number of unbranched alkanes of at least 4 members (excludes halogenated alkanes) is 12. The van der Waals surface area contributed by atoms with Gasteiger partial charge in [-0.1, -0.05) is 97.3 Å². The van der Waals surface area contributed by atoms with Crippen molar-refractivity contribution in [3.05, 3.63) is 0 Å². The predicted molar refractivity (Wildman–Crippen MR) is 101 cm³/mol. The molecule has 0 amide bonds. The van der Waals surface area contributed by atoms with E-state index in [2.05, 4.69) is 19.2 Å². The van der Waals surface area contributed by atoms with E-state index >= 15 is 0 Å². The highest BCUT2D eigenvalue weighted by molar-refractivity contribution is 4.95. The van der Waals surface area contributed by atoms with Gasteiger partial charge in [0.2, 0.25) is 0 Å². The molecule has 1 nitrogen and oxygen atoms in total. The number of hydrogen-bond acceptors (Lipinski definition) is 1. The van der Waals surface area contributed by atoms with Crippen molar-refractivity contribution < 1.29 is 0 Å². The molecule has 0 aromatic rings. The highest BCUT2D eigenvalue weighted by Crippen LogP contribution is 2.36. The van der Waals surface area contributed by atoms with Gasteiger partial charge in [0.05, 0.1) is 0 Å². The minimum atomic E-state index is 0.562. The predicted octanol–water partition coefficient (Wildman–Crippen LogP) is 7.00. The van der Waals surface area contributed by atoms with Crippen LogP contribution in [0.2, 0.25) is 0 Å². The van der Waals surface area contributed by atoms with E-state index in [1.807, 2.05) is 0 Å². The van der Waals surface area contributed by atoms with E-state index in [-0.39, 0.29) is 0 Å². The van der Waals surface area contributed by atoms with Gasteiger partial charge in [0.1, 0.15) is 0 Å². The molecule has 0 saturated heterocycles. The molecule has 1 saturated carbocycles. The molecule has 1 rings (SSSR count). The Balaban J connectivity index is 1.76. The molecule has 0 aromatic heterocycles. The van der Waals surface area contributed by atoms with Crippen molar-refractivity contribution in [3.63, 3.8) is 0 Å². The van der Waals surface area contributed by atoms with Crippen molar-refractivity contribution in [1.82, 2.24) is 5.32 Å². The van der Waals surface area contributed by atoms with Crippen molar-refractivity contribution in [1.29, 1.82) is 0 Å². The van der Waals surface area contributed by atoms with Gasteiger partial charge in [0, 0.05) is 5.54 Å². The third-order valence-corrected chi connectivity index (χ3v) is 5.62. The first-order valence-electron chi connectivity index (χ1n) is 10.6. The van der Waals surface area contributed by atoms with E-state index in [0.29, 0.717) is 5.54 Å². The van der Waals surface area contributed by atoms with Gasteiger partial charge < -0.3 is 5.32 Å². The summed E-state index contributed by atoms with van der Waals surface area (Å²) in [6.45, 7) is 5.70. The highest BCUT2D eigenvalue weighted by Gasteiger charge is 2.34. The van der Waals surface area contributed by atoms with Crippen LogP contribution in [-0.4, -0.2) is 12.1 Å². The number of rotatable bonds is 16. The third kappa shape index (κ3) is 9.18. The molecule has 22 heavy (non-hydrogen) atoms. The summed E-state index contributed by atoms with van der Waals surface area (Å²) in [5.74, 6) is 0. The van der Waals surface area contributed by atoms with Crippen LogP contribution in [0.3, 0.4) is 0 Å². The summed E-state index contributed by atoms with van der Waals surface area (Å²) in [5.41, 5.74) is 0.562. The topological polar surface area (TPSA) is 12.0 Å². The second-order valence-corrected chi connectivity index (χ2v) is 7.66. The normalized spacial score (nSPS) is 16.6. The fourth-order valence-corrected chi connectivity index (χ4v) is 3.97. The molecule has 0 radical (unpaired) electrons. The Labute approximate surface area is 141 Å². The third-order valence-electron chi connectivity index (χ3n) is 5.62. The summed E-state index contributed by atoms with van der Waals surface area (Å²) in [7, 11) is 0. The molecule has 132 valence electrons. The van der Waals surface area contributed by atoms with Crippen molar-refractivity contribution in [2.75, 3.05) is 6.54 Å². The molecule has 0 bridgehead atoms. The maximum absolute atomic E-state index is 3.74. The Morgan fingerprint density at radius 3 is 1.45 bits per heavy atom. The smallest absolute Gasteiger partial charge is 0.0181 e. The number of nitrogens with one attached hydrogen (secondary N) is 1. The van der Waals surface area contributed by atoms with Crippen molar-refractivity contribution in [2.24, 2.45) is 0 Å². The van der Waals surface area contributed by atoms with Gasteiger partial charge in [-0.25, -0.2) is 0 Å². The van der Waals surface area contributed by atoms with E-state index in [9.17, 15) is 0 Å². The summed E-state index contributed by atoms with van der Waals surface area (Å²) < 4.78 is 0. The maximum atomic E-state index is 3.74. The molecular weight excluding hydrogens is 266 g/mol. The lowest BCUT2D eigenvalue weighted by molar-refractivity contribution is 0.168. The summed E-state index contributed by atoms with van der Waals surface area (Å²) >= 11 is 0. The van der Waals surface area contributed by atoms with Crippen molar-refractivity contribution in [3.8, 4) is 0 Å². The first kappa shape index (κ1) is 20.0. The zero-order valence-electron chi connectivity index (χ0n) is 15.7. The van der Waals surface area contributed by atoms with Gasteiger partial charge in [-0.15, -0.1) is 0 Å². The average molecular weight is 310 g/mol. The fraction of sp³-hybridized carbons (Fsp3) is 1.00. The lowest BCUT2D eigenvalue weighted by atomic mass is 9.73.